The summed E-state index contributed by atoms with van der Waals surface area (Å²) in [5.41, 5.74) is 8.66. The molecule has 4 nitrogen and oxygen atoms in total. The van der Waals surface area contributed by atoms with Crippen molar-refractivity contribution >= 4 is 11.3 Å². The van der Waals surface area contributed by atoms with Crippen molar-refractivity contribution in [3.8, 4) is 0 Å². The van der Waals surface area contributed by atoms with Crippen LogP contribution >= 0.6 is 0 Å². The lowest BCUT2D eigenvalue weighted by molar-refractivity contribution is 0.183. The Bertz CT molecular complexity index is 538. The van der Waals surface area contributed by atoms with Gasteiger partial charge in [0.2, 0.25) is 0 Å². The molecule has 0 aliphatic carbocycles. The Hall–Kier alpha value is -1.55. The van der Waals surface area contributed by atoms with E-state index in [1.807, 2.05) is 22.7 Å². The second-order valence-corrected chi connectivity index (χ2v) is 5.42. The van der Waals surface area contributed by atoms with Crippen molar-refractivity contribution in [2.45, 2.75) is 26.3 Å². The first-order chi connectivity index (χ1) is 8.70. The van der Waals surface area contributed by atoms with Gasteiger partial charge >= 0.3 is 0 Å². The third-order valence-electron chi connectivity index (χ3n) is 3.79. The molecule has 3 heterocycles. The summed E-state index contributed by atoms with van der Waals surface area (Å²) in [6.45, 7) is 5.67. The molecule has 0 radical (unpaired) electrons. The van der Waals surface area contributed by atoms with E-state index in [0.29, 0.717) is 0 Å². The fourth-order valence-electron chi connectivity index (χ4n) is 2.59. The van der Waals surface area contributed by atoms with E-state index in [-0.39, 0.29) is 0 Å². The summed E-state index contributed by atoms with van der Waals surface area (Å²) >= 11 is 0. The maximum absolute atomic E-state index is 5.77. The first-order valence-corrected chi connectivity index (χ1v) is 6.66. The van der Waals surface area contributed by atoms with Gasteiger partial charge in [0.15, 0.2) is 0 Å². The summed E-state index contributed by atoms with van der Waals surface area (Å²) in [6, 6.07) is 3.87. The second kappa shape index (κ2) is 4.61. The van der Waals surface area contributed by atoms with E-state index in [0.717, 1.165) is 29.5 Å². The number of nitrogens with two attached hydrogens (primary N) is 1. The van der Waals surface area contributed by atoms with Crippen LogP contribution in [0.3, 0.4) is 0 Å². The Balaban J connectivity index is 1.74. The van der Waals surface area contributed by atoms with Crippen LogP contribution in [0.5, 0.6) is 0 Å². The maximum Gasteiger partial charge on any atom is 0.137 e. The Morgan fingerprint density at radius 1 is 1.28 bits per heavy atom. The van der Waals surface area contributed by atoms with Crippen molar-refractivity contribution in [1.82, 2.24) is 14.3 Å². The lowest BCUT2D eigenvalue weighted by Gasteiger charge is -2.29. The largest absolute Gasteiger partial charge is 0.398 e. The van der Waals surface area contributed by atoms with Gasteiger partial charge in [-0.25, -0.2) is 4.98 Å². The number of nitrogen functional groups attached to an aromatic ring is 1. The molecular formula is C14H20N4. The van der Waals surface area contributed by atoms with Gasteiger partial charge in [-0.3, -0.25) is 4.90 Å². The fraction of sp³-hybridized carbons (Fsp3) is 0.500. The molecule has 0 aromatic carbocycles. The molecule has 3 rings (SSSR count). The number of rotatable bonds is 2. The monoisotopic (exact) mass is 244 g/mol. The minimum absolute atomic E-state index is 0.776. The molecule has 0 atom stereocenters. The molecule has 2 N–H and O–H groups in total. The van der Waals surface area contributed by atoms with Crippen LogP contribution in [-0.4, -0.2) is 27.4 Å². The first kappa shape index (κ1) is 11.5. The lowest BCUT2D eigenvalue weighted by Crippen LogP contribution is -2.32. The first-order valence-electron chi connectivity index (χ1n) is 6.66. The predicted octanol–water partition coefficient (Wildman–Crippen LogP) is 2.15. The van der Waals surface area contributed by atoms with Gasteiger partial charge < -0.3 is 10.1 Å². The number of pyridine rings is 1. The summed E-state index contributed by atoms with van der Waals surface area (Å²) in [4.78, 5) is 7.12. The van der Waals surface area contributed by atoms with Gasteiger partial charge in [0.1, 0.15) is 5.65 Å². The van der Waals surface area contributed by atoms with Gasteiger partial charge in [0, 0.05) is 24.6 Å². The molecule has 1 fully saturated rings. The van der Waals surface area contributed by atoms with Gasteiger partial charge in [-0.2, -0.15) is 0 Å². The molecule has 96 valence electrons. The van der Waals surface area contributed by atoms with E-state index >= 15 is 0 Å². The van der Waals surface area contributed by atoms with Crippen molar-refractivity contribution in [2.75, 3.05) is 18.8 Å². The van der Waals surface area contributed by atoms with Crippen LogP contribution in [0.25, 0.3) is 5.65 Å². The molecule has 1 saturated heterocycles. The number of hydrogen-bond donors (Lipinski definition) is 1. The average molecular weight is 244 g/mol. The average Bonchev–Trinajstić information content (AvgIpc) is 2.73. The van der Waals surface area contributed by atoms with Gasteiger partial charge in [0.25, 0.3) is 0 Å². The molecule has 1 aliphatic heterocycles. The highest BCUT2D eigenvalue weighted by Gasteiger charge is 2.16. The molecule has 0 bridgehead atoms. The molecule has 4 heteroatoms. The molecule has 0 spiro atoms. The van der Waals surface area contributed by atoms with Crippen LogP contribution in [-0.2, 0) is 6.54 Å². The van der Waals surface area contributed by atoms with Crippen LogP contribution in [0, 0.1) is 5.92 Å². The van der Waals surface area contributed by atoms with Crippen LogP contribution in [0.1, 0.15) is 25.5 Å². The number of aromatic nitrogens is 2. The minimum atomic E-state index is 0.776. The number of likely N-dealkylation sites (tertiary alicyclic amines) is 1. The van der Waals surface area contributed by atoms with Crippen molar-refractivity contribution in [3.05, 3.63) is 30.2 Å². The summed E-state index contributed by atoms with van der Waals surface area (Å²) in [6.07, 6.45) is 6.62. The summed E-state index contributed by atoms with van der Waals surface area (Å²) in [5, 5.41) is 0. The SMILES string of the molecule is CC1CCN(Cc2cn3cc(N)ccc3n2)CC1. The van der Waals surface area contributed by atoms with E-state index in [2.05, 4.69) is 23.0 Å². The zero-order chi connectivity index (χ0) is 12.5. The molecule has 1 aliphatic rings. The summed E-state index contributed by atoms with van der Waals surface area (Å²) < 4.78 is 2.01. The zero-order valence-electron chi connectivity index (χ0n) is 10.8. The fourth-order valence-corrected chi connectivity index (χ4v) is 2.59. The molecule has 0 saturated carbocycles. The molecule has 18 heavy (non-hydrogen) atoms. The number of hydrogen-bond acceptors (Lipinski definition) is 3. The number of piperidine rings is 1. The summed E-state index contributed by atoms with van der Waals surface area (Å²) in [7, 11) is 0. The smallest absolute Gasteiger partial charge is 0.137 e. The van der Waals surface area contributed by atoms with E-state index < -0.39 is 0 Å². The van der Waals surface area contributed by atoms with Crippen LogP contribution in [0.2, 0.25) is 0 Å². The molecule has 2 aromatic rings. The Kier molecular flexibility index (Phi) is 2.96. The van der Waals surface area contributed by atoms with Gasteiger partial charge in [-0.1, -0.05) is 6.92 Å². The maximum atomic E-state index is 5.77. The third-order valence-corrected chi connectivity index (χ3v) is 3.79. The van der Waals surface area contributed by atoms with Gasteiger partial charge in [-0.15, -0.1) is 0 Å². The van der Waals surface area contributed by atoms with Crippen LogP contribution in [0.4, 0.5) is 5.69 Å². The number of anilines is 1. The van der Waals surface area contributed by atoms with Gasteiger partial charge in [0.05, 0.1) is 5.69 Å². The van der Waals surface area contributed by atoms with E-state index in [9.17, 15) is 0 Å². The lowest BCUT2D eigenvalue weighted by atomic mass is 9.99. The Morgan fingerprint density at radius 2 is 2.06 bits per heavy atom. The highest BCUT2D eigenvalue weighted by Crippen LogP contribution is 2.18. The highest BCUT2D eigenvalue weighted by atomic mass is 15.1. The number of fused-ring (bicyclic) bond motifs is 1. The zero-order valence-corrected chi connectivity index (χ0v) is 10.8. The normalized spacial score (nSPS) is 18.5. The third kappa shape index (κ3) is 2.34. The Labute approximate surface area is 107 Å². The standard InChI is InChI=1S/C14H20N4/c1-11-4-6-17(7-5-11)9-13-10-18-8-12(15)2-3-14(18)16-13/h2-3,8,10-11H,4-7,9,15H2,1H3. The van der Waals surface area contributed by atoms with Gasteiger partial charge in [-0.05, 0) is 44.0 Å². The minimum Gasteiger partial charge on any atom is -0.398 e. The van der Waals surface area contributed by atoms with Crippen molar-refractivity contribution < 1.29 is 0 Å². The number of nitrogens with zero attached hydrogens (tertiary/aromatic N) is 3. The van der Waals surface area contributed by atoms with Crippen molar-refractivity contribution in [3.63, 3.8) is 0 Å². The number of imidazole rings is 1. The van der Waals surface area contributed by atoms with Crippen molar-refractivity contribution in [2.24, 2.45) is 5.92 Å². The van der Waals surface area contributed by atoms with E-state index in [1.54, 1.807) is 0 Å². The highest BCUT2D eigenvalue weighted by molar-refractivity contribution is 5.48. The Morgan fingerprint density at radius 3 is 2.83 bits per heavy atom. The van der Waals surface area contributed by atoms with E-state index in [1.165, 1.54) is 25.9 Å². The quantitative estimate of drug-likeness (QED) is 0.880. The molecular weight excluding hydrogens is 224 g/mol. The molecule has 0 unspecified atom stereocenters. The van der Waals surface area contributed by atoms with Crippen LogP contribution < -0.4 is 5.73 Å². The van der Waals surface area contributed by atoms with Crippen LogP contribution in [0.15, 0.2) is 24.5 Å². The molecule has 0 amide bonds. The van der Waals surface area contributed by atoms with Crippen molar-refractivity contribution in [1.29, 1.82) is 0 Å². The second-order valence-electron chi connectivity index (χ2n) is 5.42. The summed E-state index contributed by atoms with van der Waals surface area (Å²) in [5.74, 6) is 0.877. The molecule has 2 aromatic heterocycles. The van der Waals surface area contributed by atoms with E-state index in [4.69, 9.17) is 5.73 Å². The predicted molar refractivity (Wildman–Crippen MR) is 73.3 cm³/mol. The topological polar surface area (TPSA) is 46.6 Å².